The smallest absolute Gasteiger partial charge is 0.102 e. The van der Waals surface area contributed by atoms with Crippen LogP contribution in [-0.2, 0) is 0 Å². The molecule has 0 N–H and O–H groups in total. The van der Waals surface area contributed by atoms with Gasteiger partial charge in [-0.1, -0.05) is 19.9 Å². The molecule has 3 atom stereocenters. The molecule has 1 aliphatic carbocycles. The molecule has 0 aromatic carbocycles. The first-order valence-electron chi connectivity index (χ1n) is 5.77. The van der Waals surface area contributed by atoms with E-state index in [1.165, 1.54) is 23.3 Å². The van der Waals surface area contributed by atoms with E-state index in [0.29, 0.717) is 17.9 Å². The van der Waals surface area contributed by atoms with E-state index in [2.05, 4.69) is 36.1 Å². The molecule has 0 radical (unpaired) electrons. The Hall–Kier alpha value is -1.18. The number of rotatable bonds is 0. The lowest BCUT2D eigenvalue weighted by molar-refractivity contribution is 0.524. The van der Waals surface area contributed by atoms with Gasteiger partial charge in [0.15, 0.2) is 0 Å². The third-order valence-corrected chi connectivity index (χ3v) is 3.43. The predicted molar refractivity (Wildman–Crippen MR) is 63.4 cm³/mol. The van der Waals surface area contributed by atoms with E-state index in [1.54, 1.807) is 0 Å². The van der Waals surface area contributed by atoms with Gasteiger partial charge in [0.1, 0.15) is 6.04 Å². The van der Waals surface area contributed by atoms with Crippen LogP contribution in [0.4, 0.5) is 0 Å². The van der Waals surface area contributed by atoms with Crippen LogP contribution in [0, 0.1) is 11.8 Å². The van der Waals surface area contributed by atoms with Crippen molar-refractivity contribution in [3.63, 3.8) is 0 Å². The summed E-state index contributed by atoms with van der Waals surface area (Å²) in [6.45, 7) is 4.52. The van der Waals surface area contributed by atoms with Gasteiger partial charge in [-0.25, -0.2) is 0 Å². The molecule has 3 aliphatic rings. The number of hydrogen-bond donors (Lipinski definition) is 0. The second-order valence-corrected chi connectivity index (χ2v) is 4.82. The van der Waals surface area contributed by atoms with E-state index in [9.17, 15) is 0 Å². The van der Waals surface area contributed by atoms with E-state index in [4.69, 9.17) is 0 Å². The molecule has 3 rings (SSSR count). The van der Waals surface area contributed by atoms with Gasteiger partial charge < -0.3 is 0 Å². The second-order valence-electron chi connectivity index (χ2n) is 4.82. The first-order valence-corrected chi connectivity index (χ1v) is 5.77. The second kappa shape index (κ2) is 3.16. The SMILES string of the molecule is CC1C=NC(=C2C3=CCC=NC32)C(C)C1. The van der Waals surface area contributed by atoms with Gasteiger partial charge >= 0.3 is 0 Å². The van der Waals surface area contributed by atoms with Crippen molar-refractivity contribution >= 4 is 12.4 Å². The minimum Gasteiger partial charge on any atom is -0.284 e. The number of allylic oxidation sites excluding steroid dienone is 2. The normalized spacial score (nSPS) is 42.5. The highest BCUT2D eigenvalue weighted by Crippen LogP contribution is 2.47. The van der Waals surface area contributed by atoms with Crippen LogP contribution in [0.5, 0.6) is 0 Å². The fraction of sp³-hybridized carbons (Fsp3) is 0.538. The van der Waals surface area contributed by atoms with Crippen molar-refractivity contribution in [2.24, 2.45) is 21.8 Å². The zero-order valence-corrected chi connectivity index (χ0v) is 9.27. The van der Waals surface area contributed by atoms with Gasteiger partial charge in [0.25, 0.3) is 0 Å². The van der Waals surface area contributed by atoms with Gasteiger partial charge in [-0.2, -0.15) is 0 Å². The first-order chi connectivity index (χ1) is 7.27. The predicted octanol–water partition coefficient (Wildman–Crippen LogP) is 2.77. The van der Waals surface area contributed by atoms with Crippen LogP contribution < -0.4 is 0 Å². The van der Waals surface area contributed by atoms with Crippen molar-refractivity contribution in [3.05, 3.63) is 22.9 Å². The summed E-state index contributed by atoms with van der Waals surface area (Å²) < 4.78 is 0. The fourth-order valence-corrected chi connectivity index (χ4v) is 2.64. The third-order valence-electron chi connectivity index (χ3n) is 3.43. The minimum atomic E-state index is 0.377. The van der Waals surface area contributed by atoms with Crippen LogP contribution in [0.25, 0.3) is 0 Å². The quantitative estimate of drug-likeness (QED) is 0.574. The molecular formula is C13H16N2. The molecule has 2 aliphatic heterocycles. The van der Waals surface area contributed by atoms with E-state index < -0.39 is 0 Å². The summed E-state index contributed by atoms with van der Waals surface area (Å²) in [6, 6.07) is 0.377. The van der Waals surface area contributed by atoms with E-state index in [0.717, 1.165) is 6.42 Å². The van der Waals surface area contributed by atoms with Gasteiger partial charge in [-0.15, -0.1) is 0 Å². The van der Waals surface area contributed by atoms with Gasteiger partial charge in [0, 0.05) is 30.1 Å². The lowest BCUT2D eigenvalue weighted by Crippen LogP contribution is -2.12. The minimum absolute atomic E-state index is 0.377. The van der Waals surface area contributed by atoms with Crippen LogP contribution in [0.3, 0.4) is 0 Å². The van der Waals surface area contributed by atoms with Crippen LogP contribution in [0.2, 0.25) is 0 Å². The molecule has 1 saturated carbocycles. The average molecular weight is 200 g/mol. The molecular weight excluding hydrogens is 184 g/mol. The van der Waals surface area contributed by atoms with Gasteiger partial charge in [0.05, 0.1) is 0 Å². The fourth-order valence-electron chi connectivity index (χ4n) is 2.64. The summed E-state index contributed by atoms with van der Waals surface area (Å²) in [5.41, 5.74) is 4.15. The molecule has 0 amide bonds. The molecule has 1 fully saturated rings. The summed E-state index contributed by atoms with van der Waals surface area (Å²) in [6.07, 6.45) is 8.63. The standard InChI is InChI=1S/C13H16N2/c1-8-6-9(2)12(15-7-8)11-10-4-3-5-14-13(10)11/h4-5,7-9,13H,3,6H2,1-2H3. The zero-order valence-electron chi connectivity index (χ0n) is 9.27. The number of nitrogens with zero attached hydrogens (tertiary/aromatic N) is 2. The Balaban J connectivity index is 1.98. The maximum Gasteiger partial charge on any atom is 0.102 e. The Morgan fingerprint density at radius 1 is 1.33 bits per heavy atom. The highest BCUT2D eigenvalue weighted by Gasteiger charge is 2.42. The molecule has 2 heteroatoms. The van der Waals surface area contributed by atoms with Crippen molar-refractivity contribution in [2.45, 2.75) is 32.7 Å². The van der Waals surface area contributed by atoms with Crippen molar-refractivity contribution < 1.29 is 0 Å². The zero-order chi connectivity index (χ0) is 10.4. The first kappa shape index (κ1) is 9.08. The van der Waals surface area contributed by atoms with Crippen LogP contribution in [-0.4, -0.2) is 18.5 Å². The molecule has 0 bridgehead atoms. The summed E-state index contributed by atoms with van der Waals surface area (Å²) in [7, 11) is 0. The Morgan fingerprint density at radius 2 is 2.20 bits per heavy atom. The molecule has 0 saturated heterocycles. The van der Waals surface area contributed by atoms with Crippen molar-refractivity contribution in [3.8, 4) is 0 Å². The number of dihydropyridines is 1. The molecule has 0 aromatic rings. The molecule has 3 unspecified atom stereocenters. The maximum absolute atomic E-state index is 4.62. The molecule has 0 spiro atoms. The summed E-state index contributed by atoms with van der Waals surface area (Å²) in [5, 5.41) is 0. The van der Waals surface area contributed by atoms with E-state index in [1.807, 2.05) is 6.21 Å². The monoisotopic (exact) mass is 200 g/mol. The number of aliphatic imine (C=N–C) groups is 2. The van der Waals surface area contributed by atoms with E-state index in [-0.39, 0.29) is 0 Å². The Labute approximate surface area is 90.5 Å². The van der Waals surface area contributed by atoms with Crippen LogP contribution in [0.1, 0.15) is 26.7 Å². The van der Waals surface area contributed by atoms with Crippen molar-refractivity contribution in [1.82, 2.24) is 0 Å². The molecule has 0 aromatic heterocycles. The number of fused-ring (bicyclic) bond motifs is 1. The summed E-state index contributed by atoms with van der Waals surface area (Å²) in [4.78, 5) is 9.11. The third kappa shape index (κ3) is 1.39. The molecule has 2 heterocycles. The van der Waals surface area contributed by atoms with Crippen molar-refractivity contribution in [1.29, 1.82) is 0 Å². The highest BCUT2D eigenvalue weighted by molar-refractivity contribution is 5.76. The lowest BCUT2D eigenvalue weighted by atomic mass is 9.92. The molecule has 78 valence electrons. The van der Waals surface area contributed by atoms with Gasteiger partial charge in [-0.05, 0) is 23.8 Å². The van der Waals surface area contributed by atoms with Crippen LogP contribution in [0.15, 0.2) is 32.9 Å². The Kier molecular flexibility index (Phi) is 1.91. The Morgan fingerprint density at radius 3 is 2.87 bits per heavy atom. The van der Waals surface area contributed by atoms with Gasteiger partial charge in [-0.3, -0.25) is 9.98 Å². The highest BCUT2D eigenvalue weighted by atomic mass is 14.9. The Bertz CT molecular complexity index is 412. The molecule has 2 nitrogen and oxygen atoms in total. The average Bonchev–Trinajstić information content (AvgIpc) is 2.92. The topological polar surface area (TPSA) is 24.7 Å². The van der Waals surface area contributed by atoms with Gasteiger partial charge in [0.2, 0.25) is 0 Å². The summed E-state index contributed by atoms with van der Waals surface area (Å²) >= 11 is 0. The largest absolute Gasteiger partial charge is 0.284 e. The van der Waals surface area contributed by atoms with Crippen molar-refractivity contribution in [2.75, 3.05) is 0 Å². The van der Waals surface area contributed by atoms with Crippen LogP contribution >= 0.6 is 0 Å². The number of hydrogen-bond acceptors (Lipinski definition) is 2. The summed E-state index contributed by atoms with van der Waals surface area (Å²) in [5.74, 6) is 1.23. The lowest BCUT2D eigenvalue weighted by Gasteiger charge is -2.20. The van der Waals surface area contributed by atoms with E-state index >= 15 is 0 Å². The molecule has 15 heavy (non-hydrogen) atoms. The maximum atomic E-state index is 4.62.